The van der Waals surface area contributed by atoms with Gasteiger partial charge in [0, 0.05) is 38.4 Å². The maximum Gasteiger partial charge on any atom is 0.274 e. The van der Waals surface area contributed by atoms with Crippen LogP contribution < -0.4 is 0 Å². The smallest absolute Gasteiger partial charge is 0.274 e. The number of piperazine rings is 1. The monoisotopic (exact) mass is 358 g/mol. The second-order valence-corrected chi connectivity index (χ2v) is 7.69. The maximum atomic E-state index is 12.7. The van der Waals surface area contributed by atoms with Gasteiger partial charge in [0.2, 0.25) is 0 Å². The Morgan fingerprint density at radius 2 is 1.72 bits per heavy atom. The van der Waals surface area contributed by atoms with Gasteiger partial charge in [-0.05, 0) is 49.3 Å². The number of hydrogen-bond acceptors (Lipinski definition) is 4. The van der Waals surface area contributed by atoms with Gasteiger partial charge in [0.1, 0.15) is 0 Å². The fourth-order valence-corrected chi connectivity index (χ4v) is 4.36. The van der Waals surface area contributed by atoms with Crippen LogP contribution in [0.4, 0.5) is 0 Å². The topological polar surface area (TPSA) is 58.4 Å². The molecule has 0 atom stereocenters. The van der Waals surface area contributed by atoms with Crippen molar-refractivity contribution in [3.8, 4) is 0 Å². The Morgan fingerprint density at radius 3 is 2.36 bits per heavy atom. The number of rotatable bonds is 2. The predicted octanol–water partition coefficient (Wildman–Crippen LogP) is 2.19. The molecule has 0 aliphatic carbocycles. The normalized spacial score (nSPS) is 17.5. The van der Waals surface area contributed by atoms with E-state index in [1.165, 1.54) is 17.8 Å². The second-order valence-electron chi connectivity index (χ2n) is 6.77. The Hall–Kier alpha value is -2.15. The van der Waals surface area contributed by atoms with Crippen LogP contribution in [0.15, 0.2) is 17.5 Å². The van der Waals surface area contributed by atoms with Crippen molar-refractivity contribution in [3.63, 3.8) is 0 Å². The van der Waals surface area contributed by atoms with Gasteiger partial charge in [0.25, 0.3) is 11.8 Å². The first kappa shape index (κ1) is 16.3. The van der Waals surface area contributed by atoms with Gasteiger partial charge in [0.05, 0.1) is 4.88 Å². The van der Waals surface area contributed by atoms with Crippen LogP contribution in [0.5, 0.6) is 0 Å². The average molecular weight is 358 g/mol. The van der Waals surface area contributed by atoms with Gasteiger partial charge < -0.3 is 9.80 Å². The summed E-state index contributed by atoms with van der Waals surface area (Å²) < 4.78 is 1.97. The van der Waals surface area contributed by atoms with Crippen molar-refractivity contribution in [1.82, 2.24) is 19.6 Å². The van der Waals surface area contributed by atoms with Crippen molar-refractivity contribution < 1.29 is 9.59 Å². The molecule has 2 amide bonds. The van der Waals surface area contributed by atoms with Crippen molar-refractivity contribution in [2.75, 3.05) is 26.2 Å². The van der Waals surface area contributed by atoms with E-state index in [4.69, 9.17) is 0 Å². The first-order valence-corrected chi connectivity index (χ1v) is 9.70. The van der Waals surface area contributed by atoms with E-state index < -0.39 is 0 Å². The average Bonchev–Trinajstić information content (AvgIpc) is 3.26. The highest BCUT2D eigenvalue weighted by atomic mass is 32.1. The minimum absolute atomic E-state index is 0.0130. The molecular weight excluding hydrogens is 336 g/mol. The molecule has 2 aromatic rings. The molecule has 1 saturated heterocycles. The molecule has 0 spiro atoms. The van der Waals surface area contributed by atoms with Crippen LogP contribution in [0.3, 0.4) is 0 Å². The van der Waals surface area contributed by atoms with E-state index in [0.717, 1.165) is 35.5 Å². The van der Waals surface area contributed by atoms with Crippen LogP contribution in [0.2, 0.25) is 0 Å². The summed E-state index contributed by atoms with van der Waals surface area (Å²) in [4.78, 5) is 29.7. The number of amides is 2. The minimum Gasteiger partial charge on any atom is -0.334 e. The molecule has 0 saturated carbocycles. The molecule has 0 radical (unpaired) electrons. The van der Waals surface area contributed by atoms with E-state index in [9.17, 15) is 9.59 Å². The highest BCUT2D eigenvalue weighted by Gasteiger charge is 2.28. The quantitative estimate of drug-likeness (QED) is 0.827. The first-order valence-electron chi connectivity index (χ1n) is 8.82. The number of nitrogens with zero attached hydrogens (tertiary/aromatic N) is 4. The molecule has 0 aromatic carbocycles. The summed E-state index contributed by atoms with van der Waals surface area (Å²) in [5, 5.41) is 6.47. The van der Waals surface area contributed by atoms with Gasteiger partial charge in [-0.15, -0.1) is 11.3 Å². The highest BCUT2D eigenvalue weighted by molar-refractivity contribution is 7.12. The molecule has 25 heavy (non-hydrogen) atoms. The standard InChI is InChI=1S/C18H22N4O2S/c1-13-10-16(25-12-13)18(24)21-8-6-20(7-9-21)17(23)15-11-14-4-2-3-5-22(14)19-15/h10-12H,2-9H2,1H3. The zero-order chi connectivity index (χ0) is 17.4. The Labute approximate surface area is 151 Å². The molecular formula is C18H22N4O2S. The van der Waals surface area contributed by atoms with Crippen LogP contribution in [-0.4, -0.2) is 57.6 Å². The van der Waals surface area contributed by atoms with Crippen molar-refractivity contribution in [2.24, 2.45) is 0 Å². The molecule has 2 aliphatic heterocycles. The van der Waals surface area contributed by atoms with Crippen LogP contribution in [0.25, 0.3) is 0 Å². The van der Waals surface area contributed by atoms with E-state index in [1.807, 2.05) is 38.9 Å². The number of hydrogen-bond donors (Lipinski definition) is 0. The van der Waals surface area contributed by atoms with Crippen LogP contribution in [0, 0.1) is 6.92 Å². The third-order valence-corrected chi connectivity index (χ3v) is 5.97. The SMILES string of the molecule is Cc1csc(C(=O)N2CCN(C(=O)c3cc4n(n3)CCCC4)CC2)c1. The van der Waals surface area contributed by atoms with Crippen molar-refractivity contribution >= 4 is 23.2 Å². The number of fused-ring (bicyclic) bond motifs is 1. The number of aromatic nitrogens is 2. The lowest BCUT2D eigenvalue weighted by Gasteiger charge is -2.34. The molecule has 2 aromatic heterocycles. The molecule has 6 nitrogen and oxygen atoms in total. The van der Waals surface area contributed by atoms with Crippen LogP contribution in [0.1, 0.15) is 44.3 Å². The third-order valence-electron chi connectivity index (χ3n) is 4.93. The fraction of sp³-hybridized carbons (Fsp3) is 0.500. The molecule has 7 heteroatoms. The van der Waals surface area contributed by atoms with E-state index in [2.05, 4.69) is 5.10 Å². The van der Waals surface area contributed by atoms with E-state index in [-0.39, 0.29) is 11.8 Å². The fourth-order valence-electron chi connectivity index (χ4n) is 3.50. The summed E-state index contributed by atoms with van der Waals surface area (Å²) in [6.45, 7) is 5.19. The van der Waals surface area contributed by atoms with E-state index in [1.54, 1.807) is 0 Å². The second kappa shape index (κ2) is 6.63. The summed E-state index contributed by atoms with van der Waals surface area (Å²) in [6, 6.07) is 3.87. The first-order chi connectivity index (χ1) is 12.1. The summed E-state index contributed by atoms with van der Waals surface area (Å²) in [5.74, 6) is 0.0589. The van der Waals surface area contributed by atoms with Gasteiger partial charge >= 0.3 is 0 Å². The Balaban J connectivity index is 1.39. The predicted molar refractivity (Wildman–Crippen MR) is 96.0 cm³/mol. The van der Waals surface area contributed by atoms with E-state index in [0.29, 0.717) is 31.9 Å². The van der Waals surface area contributed by atoms with Crippen LogP contribution >= 0.6 is 11.3 Å². The largest absolute Gasteiger partial charge is 0.334 e. The molecule has 1 fully saturated rings. The summed E-state index contributed by atoms with van der Waals surface area (Å²) >= 11 is 1.49. The molecule has 0 unspecified atom stereocenters. The number of thiophene rings is 1. The molecule has 132 valence electrons. The van der Waals surface area contributed by atoms with Gasteiger partial charge in [-0.3, -0.25) is 14.3 Å². The lowest BCUT2D eigenvalue weighted by atomic mass is 10.1. The molecule has 4 heterocycles. The number of aryl methyl sites for hydroxylation is 3. The van der Waals surface area contributed by atoms with Crippen molar-refractivity contribution in [2.45, 2.75) is 32.7 Å². The Morgan fingerprint density at radius 1 is 1.00 bits per heavy atom. The van der Waals surface area contributed by atoms with Gasteiger partial charge in [-0.25, -0.2) is 0 Å². The zero-order valence-corrected chi connectivity index (χ0v) is 15.2. The molecule has 0 N–H and O–H groups in total. The molecule has 2 aliphatic rings. The van der Waals surface area contributed by atoms with Gasteiger partial charge in [-0.2, -0.15) is 5.10 Å². The summed E-state index contributed by atoms with van der Waals surface area (Å²) in [6.07, 6.45) is 3.30. The Bertz CT molecular complexity index is 778. The number of carbonyl (C=O) groups is 2. The van der Waals surface area contributed by atoms with E-state index >= 15 is 0 Å². The zero-order valence-electron chi connectivity index (χ0n) is 14.4. The van der Waals surface area contributed by atoms with Gasteiger partial charge in [0.15, 0.2) is 5.69 Å². The van der Waals surface area contributed by atoms with Crippen molar-refractivity contribution in [3.05, 3.63) is 39.3 Å². The summed E-state index contributed by atoms with van der Waals surface area (Å²) in [5.41, 5.74) is 2.83. The van der Waals surface area contributed by atoms with Gasteiger partial charge in [-0.1, -0.05) is 0 Å². The number of carbonyl (C=O) groups excluding carboxylic acids is 2. The summed E-state index contributed by atoms with van der Waals surface area (Å²) in [7, 11) is 0. The van der Waals surface area contributed by atoms with Crippen molar-refractivity contribution in [1.29, 1.82) is 0 Å². The maximum absolute atomic E-state index is 12.7. The highest BCUT2D eigenvalue weighted by Crippen LogP contribution is 2.19. The Kier molecular flexibility index (Phi) is 4.33. The minimum atomic E-state index is -0.0130. The molecule has 4 rings (SSSR count). The van der Waals surface area contributed by atoms with Crippen LogP contribution in [-0.2, 0) is 13.0 Å². The third kappa shape index (κ3) is 3.20. The lowest BCUT2D eigenvalue weighted by Crippen LogP contribution is -2.50. The molecule has 0 bridgehead atoms. The lowest BCUT2D eigenvalue weighted by molar-refractivity contribution is 0.0534.